The van der Waals surface area contributed by atoms with Crippen molar-refractivity contribution in [1.82, 2.24) is 0 Å². The Kier molecular flexibility index (Phi) is 6.85. The van der Waals surface area contributed by atoms with E-state index in [0.29, 0.717) is 5.76 Å². The van der Waals surface area contributed by atoms with Gasteiger partial charge in [0.15, 0.2) is 0 Å². The van der Waals surface area contributed by atoms with Crippen molar-refractivity contribution in [1.29, 1.82) is 0 Å². The van der Waals surface area contributed by atoms with Crippen molar-refractivity contribution >= 4 is 14.2 Å². The molecule has 0 amide bonds. The summed E-state index contributed by atoms with van der Waals surface area (Å²) in [6.45, 7) is 7.03. The highest BCUT2D eigenvalue weighted by molar-refractivity contribution is 6.81. The first kappa shape index (κ1) is 18.5. The van der Waals surface area contributed by atoms with Gasteiger partial charge in [-0.1, -0.05) is 62.1 Å². The predicted octanol–water partition coefficient (Wildman–Crippen LogP) is 5.99. The second kappa shape index (κ2) is 8.88. The van der Waals surface area contributed by atoms with Crippen molar-refractivity contribution in [3.63, 3.8) is 0 Å². The van der Waals surface area contributed by atoms with E-state index in [1.165, 1.54) is 24.8 Å². The lowest BCUT2D eigenvalue weighted by Crippen LogP contribution is -2.16. The van der Waals surface area contributed by atoms with Gasteiger partial charge in [-0.15, -0.1) is 0 Å². The van der Waals surface area contributed by atoms with Crippen LogP contribution in [0.2, 0.25) is 19.6 Å². The van der Waals surface area contributed by atoms with E-state index >= 15 is 0 Å². The van der Waals surface area contributed by atoms with Gasteiger partial charge in [-0.2, -0.15) is 0 Å². The summed E-state index contributed by atoms with van der Waals surface area (Å²) in [5.74, 6) is 0.704. The fourth-order valence-corrected chi connectivity index (χ4v) is 3.26. The quantitative estimate of drug-likeness (QED) is 0.374. The zero-order valence-corrected chi connectivity index (χ0v) is 16.0. The summed E-state index contributed by atoms with van der Waals surface area (Å²) in [4.78, 5) is 12.1. The van der Waals surface area contributed by atoms with Crippen LogP contribution < -0.4 is 0 Å². The number of benzene rings is 1. The molecule has 1 fully saturated rings. The van der Waals surface area contributed by atoms with Gasteiger partial charge in [-0.25, -0.2) is 4.79 Å². The summed E-state index contributed by atoms with van der Waals surface area (Å²) in [5.41, 5.74) is 4.42. The van der Waals surface area contributed by atoms with Crippen molar-refractivity contribution in [2.24, 2.45) is 0 Å². The lowest BCUT2D eigenvalue weighted by atomic mass is 9.94. The second-order valence-electron chi connectivity index (χ2n) is 7.35. The van der Waals surface area contributed by atoms with Gasteiger partial charge in [0, 0.05) is 0 Å². The summed E-state index contributed by atoms with van der Waals surface area (Å²) in [6.07, 6.45) is 7.00. The third-order valence-corrected chi connectivity index (χ3v) is 5.10. The lowest BCUT2D eigenvalue weighted by molar-refractivity contribution is 0.0725. The normalized spacial score (nSPS) is 15.4. The van der Waals surface area contributed by atoms with Gasteiger partial charge in [-0.3, -0.25) is 0 Å². The van der Waals surface area contributed by atoms with Crippen LogP contribution in [0.1, 0.15) is 37.7 Å². The van der Waals surface area contributed by atoms with E-state index in [9.17, 15) is 4.79 Å². The fourth-order valence-electron chi connectivity index (χ4n) is 2.61. The summed E-state index contributed by atoms with van der Waals surface area (Å²) in [7, 11) is -1.35. The highest BCUT2D eigenvalue weighted by atomic mass is 28.3. The Morgan fingerprint density at radius 1 is 1.08 bits per heavy atom. The number of carbonyl (C=O) groups is 1. The zero-order chi connectivity index (χ0) is 17.4. The number of rotatable bonds is 5. The van der Waals surface area contributed by atoms with E-state index in [0.717, 1.165) is 18.4 Å². The van der Waals surface area contributed by atoms with Gasteiger partial charge in [0.1, 0.15) is 12.4 Å². The number of hydrogen-bond donors (Lipinski definition) is 0. The highest BCUT2D eigenvalue weighted by Crippen LogP contribution is 2.27. The van der Waals surface area contributed by atoms with E-state index < -0.39 is 14.2 Å². The Bertz CT molecular complexity index is 589. The maximum Gasteiger partial charge on any atom is 0.514 e. The third kappa shape index (κ3) is 6.75. The minimum Gasteiger partial charge on any atom is -0.429 e. The summed E-state index contributed by atoms with van der Waals surface area (Å²) in [6, 6.07) is 9.65. The average molecular weight is 345 g/mol. The molecule has 0 N–H and O–H groups in total. The van der Waals surface area contributed by atoms with Crippen molar-refractivity contribution in [2.45, 2.75) is 58.4 Å². The minimum absolute atomic E-state index is 0.236. The molecular weight excluding hydrogens is 316 g/mol. The van der Waals surface area contributed by atoms with Gasteiger partial charge < -0.3 is 9.47 Å². The molecule has 0 spiro atoms. The topological polar surface area (TPSA) is 35.5 Å². The largest absolute Gasteiger partial charge is 0.514 e. The summed E-state index contributed by atoms with van der Waals surface area (Å²) >= 11 is 0. The molecule has 1 aromatic rings. The summed E-state index contributed by atoms with van der Waals surface area (Å²) in [5, 5.41) is 0. The molecule has 3 nitrogen and oxygen atoms in total. The van der Waals surface area contributed by atoms with E-state index in [-0.39, 0.29) is 6.61 Å². The molecule has 4 heteroatoms. The van der Waals surface area contributed by atoms with Crippen LogP contribution in [0.4, 0.5) is 4.79 Å². The molecule has 24 heavy (non-hydrogen) atoms. The first-order chi connectivity index (χ1) is 11.4. The predicted molar refractivity (Wildman–Crippen MR) is 100 cm³/mol. The van der Waals surface area contributed by atoms with E-state index in [4.69, 9.17) is 9.47 Å². The number of carbonyl (C=O) groups excluding carboxylic acids is 1. The Labute approximate surface area is 146 Å². The van der Waals surface area contributed by atoms with Gasteiger partial charge in [0.25, 0.3) is 0 Å². The maximum atomic E-state index is 12.1. The van der Waals surface area contributed by atoms with Crippen LogP contribution >= 0.6 is 0 Å². The second-order valence-corrected chi connectivity index (χ2v) is 12.4. The van der Waals surface area contributed by atoms with Crippen LogP contribution in [0.25, 0.3) is 0 Å². The maximum absolute atomic E-state index is 12.1. The number of allylic oxidation sites excluding steroid dienone is 2. The van der Waals surface area contributed by atoms with E-state index in [1.807, 2.05) is 36.4 Å². The van der Waals surface area contributed by atoms with Crippen molar-refractivity contribution in [3.05, 3.63) is 59.0 Å². The lowest BCUT2D eigenvalue weighted by Gasteiger charge is -2.18. The Morgan fingerprint density at radius 3 is 2.38 bits per heavy atom. The number of ether oxygens (including phenoxy) is 2. The van der Waals surface area contributed by atoms with Crippen LogP contribution in [0.5, 0.6) is 0 Å². The standard InChI is InChI=1S/C20H28O3Si/c1-24(2,3)15-14-19(18-12-8-5-9-13-18)23-20(21)22-16-17-10-6-4-7-11-17/h4,6-7,10-11,14-15H,5,8-9,12-13,16H2,1-3H3/b15-14+. The molecule has 0 heterocycles. The Morgan fingerprint density at radius 2 is 1.75 bits per heavy atom. The van der Waals surface area contributed by atoms with Crippen molar-refractivity contribution in [3.8, 4) is 0 Å². The summed E-state index contributed by atoms with van der Waals surface area (Å²) < 4.78 is 10.8. The first-order valence-corrected chi connectivity index (χ1v) is 12.3. The monoisotopic (exact) mass is 344 g/mol. The van der Waals surface area contributed by atoms with Crippen LogP contribution in [0, 0.1) is 0 Å². The molecule has 1 saturated carbocycles. The molecule has 2 rings (SSSR count). The molecule has 0 saturated heterocycles. The molecule has 0 unspecified atom stereocenters. The highest BCUT2D eigenvalue weighted by Gasteiger charge is 2.16. The van der Waals surface area contributed by atoms with Crippen LogP contribution in [-0.4, -0.2) is 14.2 Å². The molecule has 1 aliphatic rings. The van der Waals surface area contributed by atoms with E-state index in [2.05, 4.69) is 25.3 Å². The number of hydrogen-bond acceptors (Lipinski definition) is 3. The molecule has 0 aromatic heterocycles. The molecule has 0 bridgehead atoms. The average Bonchev–Trinajstić information content (AvgIpc) is 2.57. The van der Waals surface area contributed by atoms with Gasteiger partial charge in [0.05, 0.1) is 8.07 Å². The zero-order valence-electron chi connectivity index (χ0n) is 15.0. The molecule has 130 valence electrons. The van der Waals surface area contributed by atoms with Crippen LogP contribution in [-0.2, 0) is 16.1 Å². The van der Waals surface area contributed by atoms with Crippen molar-refractivity contribution in [2.75, 3.05) is 0 Å². The molecular formula is C20H28O3Si. The fraction of sp³-hybridized carbons (Fsp3) is 0.450. The molecule has 0 aliphatic heterocycles. The minimum atomic E-state index is -1.35. The van der Waals surface area contributed by atoms with Gasteiger partial charge in [0.2, 0.25) is 0 Å². The third-order valence-electron chi connectivity index (χ3n) is 3.93. The molecule has 0 radical (unpaired) electrons. The van der Waals surface area contributed by atoms with E-state index in [1.54, 1.807) is 0 Å². The SMILES string of the molecule is C[Si](C)(C)/C=C/C(OC(=O)OCc1ccccc1)=C1CCCCC1. The molecule has 1 aliphatic carbocycles. The first-order valence-electron chi connectivity index (χ1n) is 8.74. The molecule has 0 atom stereocenters. The smallest absolute Gasteiger partial charge is 0.429 e. The van der Waals surface area contributed by atoms with Gasteiger partial charge >= 0.3 is 6.16 Å². The van der Waals surface area contributed by atoms with Crippen LogP contribution in [0.15, 0.2) is 53.4 Å². The molecule has 1 aromatic carbocycles. The van der Waals surface area contributed by atoms with Crippen molar-refractivity contribution < 1.29 is 14.3 Å². The van der Waals surface area contributed by atoms with Crippen LogP contribution in [0.3, 0.4) is 0 Å². The Hall–Kier alpha value is -1.81. The van der Waals surface area contributed by atoms with Gasteiger partial charge in [-0.05, 0) is 42.9 Å². The Balaban J connectivity index is 2.01.